The van der Waals surface area contributed by atoms with Crippen LogP contribution in [0.1, 0.15) is 67.7 Å². The van der Waals surface area contributed by atoms with E-state index in [0.29, 0.717) is 13.2 Å². The average Bonchev–Trinajstić information content (AvgIpc) is 2.47. The van der Waals surface area contributed by atoms with Gasteiger partial charge in [0.15, 0.2) is 7.65 Å². The van der Waals surface area contributed by atoms with Crippen molar-refractivity contribution < 1.29 is 9.18 Å². The minimum atomic E-state index is -1.18. The van der Waals surface area contributed by atoms with Crippen molar-refractivity contribution >= 4 is 26.1 Å². The zero-order valence-corrected chi connectivity index (χ0v) is 16.8. The van der Waals surface area contributed by atoms with Gasteiger partial charge in [-0.3, -0.25) is 4.81 Å². The standard InChI is InChI=1S/C15H31BClN2O2P/c1-13(2,3)19-16(20-11-12-21-22(19)17)18-14(4,5)9-8-10-15(18,6)7/h8-12H2,1-7H3. The molecular weight excluding hydrogens is 317 g/mol. The first-order chi connectivity index (χ1) is 9.97. The number of hydrogen-bond donors (Lipinski definition) is 0. The first-order valence-electron chi connectivity index (χ1n) is 8.26. The molecule has 0 saturated carbocycles. The quantitative estimate of drug-likeness (QED) is 0.509. The van der Waals surface area contributed by atoms with Gasteiger partial charge in [0.1, 0.15) is 0 Å². The molecule has 2 heterocycles. The Hall–Kier alpha value is 0.625. The fourth-order valence-electron chi connectivity index (χ4n) is 3.84. The Kier molecular flexibility index (Phi) is 5.60. The van der Waals surface area contributed by atoms with E-state index in [4.69, 9.17) is 20.4 Å². The van der Waals surface area contributed by atoms with Crippen molar-refractivity contribution in [3.05, 3.63) is 0 Å². The molecule has 7 heteroatoms. The van der Waals surface area contributed by atoms with Crippen LogP contribution in [0.15, 0.2) is 0 Å². The summed E-state index contributed by atoms with van der Waals surface area (Å²) in [6, 6.07) is 0. The zero-order valence-electron chi connectivity index (χ0n) is 15.1. The number of nitrogens with zero attached hydrogens (tertiary/aromatic N) is 2. The zero-order chi connectivity index (χ0) is 16.8. The van der Waals surface area contributed by atoms with Gasteiger partial charge in [-0.2, -0.15) is 0 Å². The predicted molar refractivity (Wildman–Crippen MR) is 95.9 cm³/mol. The molecule has 0 N–H and O–H groups in total. The summed E-state index contributed by atoms with van der Waals surface area (Å²) >= 11 is 6.63. The summed E-state index contributed by atoms with van der Waals surface area (Å²) in [5.41, 5.74) is 0.0344. The van der Waals surface area contributed by atoms with Crippen LogP contribution < -0.4 is 0 Å². The molecule has 0 aliphatic carbocycles. The van der Waals surface area contributed by atoms with Gasteiger partial charge in [0.25, 0.3) is 0 Å². The summed E-state index contributed by atoms with van der Waals surface area (Å²) in [6.45, 7) is 17.0. The molecule has 4 nitrogen and oxygen atoms in total. The number of hydrogen-bond acceptors (Lipinski definition) is 4. The van der Waals surface area contributed by atoms with Crippen molar-refractivity contribution in [2.24, 2.45) is 0 Å². The van der Waals surface area contributed by atoms with Crippen molar-refractivity contribution in [3.8, 4) is 0 Å². The lowest BCUT2D eigenvalue weighted by atomic mass is 9.71. The van der Waals surface area contributed by atoms with Gasteiger partial charge in [-0.25, -0.2) is 4.58 Å². The summed E-state index contributed by atoms with van der Waals surface area (Å²) in [4.78, 5) is 2.53. The molecule has 1 atom stereocenters. The molecule has 0 aromatic heterocycles. The second-order valence-electron chi connectivity index (χ2n) is 8.62. The molecule has 2 aliphatic heterocycles. The van der Waals surface area contributed by atoms with Crippen LogP contribution in [0.25, 0.3) is 0 Å². The van der Waals surface area contributed by atoms with Crippen molar-refractivity contribution in [1.82, 2.24) is 9.39 Å². The van der Waals surface area contributed by atoms with Crippen molar-refractivity contribution in [1.29, 1.82) is 0 Å². The van der Waals surface area contributed by atoms with E-state index in [1.54, 1.807) is 0 Å². The molecule has 128 valence electrons. The Morgan fingerprint density at radius 1 is 1.05 bits per heavy atom. The van der Waals surface area contributed by atoms with Gasteiger partial charge in [0.2, 0.25) is 0 Å². The molecule has 0 bridgehead atoms. The van der Waals surface area contributed by atoms with E-state index < -0.39 is 7.65 Å². The number of rotatable bonds is 1. The molecular formula is C15H31BClN2O2P. The van der Waals surface area contributed by atoms with Crippen LogP contribution >= 0.6 is 18.9 Å². The van der Waals surface area contributed by atoms with Crippen LogP contribution in [-0.2, 0) is 9.18 Å². The second-order valence-corrected chi connectivity index (χ2v) is 10.6. The summed E-state index contributed by atoms with van der Waals surface area (Å²) in [5, 5.41) is 0. The van der Waals surface area contributed by atoms with Crippen molar-refractivity contribution in [2.45, 2.75) is 84.3 Å². The van der Waals surface area contributed by atoms with E-state index in [2.05, 4.69) is 57.9 Å². The Morgan fingerprint density at radius 3 is 2.09 bits per heavy atom. The van der Waals surface area contributed by atoms with Gasteiger partial charge < -0.3 is 9.18 Å². The highest BCUT2D eigenvalue weighted by atomic mass is 35.7. The lowest BCUT2D eigenvalue weighted by Crippen LogP contribution is -2.70. The molecule has 2 fully saturated rings. The molecule has 1 unspecified atom stereocenters. The SMILES string of the molecule is CC(C)(C)N1B(N2C(C)(C)CCCC2(C)C)OCCOP1Cl. The van der Waals surface area contributed by atoms with Crippen LogP contribution in [0.2, 0.25) is 0 Å². The van der Waals surface area contributed by atoms with Gasteiger partial charge in [0, 0.05) is 16.6 Å². The number of halogens is 1. The monoisotopic (exact) mass is 348 g/mol. The van der Waals surface area contributed by atoms with Crippen molar-refractivity contribution in [2.75, 3.05) is 13.2 Å². The van der Waals surface area contributed by atoms with E-state index >= 15 is 0 Å². The molecule has 0 radical (unpaired) electrons. The fourth-order valence-corrected chi connectivity index (χ4v) is 6.10. The molecule has 0 amide bonds. The third-order valence-corrected chi connectivity index (χ3v) is 7.03. The summed E-state index contributed by atoms with van der Waals surface area (Å²) in [5.74, 6) is 0. The smallest absolute Gasteiger partial charge is 0.405 e. The lowest BCUT2D eigenvalue weighted by Gasteiger charge is -2.57. The molecule has 2 saturated heterocycles. The van der Waals surface area contributed by atoms with Crippen LogP contribution in [0, 0.1) is 0 Å². The predicted octanol–water partition coefficient (Wildman–Crippen LogP) is 4.63. The van der Waals surface area contributed by atoms with Gasteiger partial charge in [-0.1, -0.05) is 0 Å². The molecule has 0 aromatic carbocycles. The minimum Gasteiger partial charge on any atom is -0.405 e. The Morgan fingerprint density at radius 2 is 1.59 bits per heavy atom. The Labute approximate surface area is 142 Å². The highest BCUT2D eigenvalue weighted by Gasteiger charge is 2.54. The molecule has 0 spiro atoms. The normalized spacial score (nSPS) is 31.1. The number of piperidine rings is 1. The maximum absolute atomic E-state index is 6.63. The van der Waals surface area contributed by atoms with Gasteiger partial charge >= 0.3 is 7.19 Å². The molecule has 0 aromatic rings. The maximum atomic E-state index is 6.63. The lowest BCUT2D eigenvalue weighted by molar-refractivity contribution is 0.0153. The largest absolute Gasteiger partial charge is 0.486 e. The Bertz CT molecular complexity index is 387. The van der Waals surface area contributed by atoms with E-state index in [1.807, 2.05) is 0 Å². The van der Waals surface area contributed by atoms with Gasteiger partial charge in [-0.15, -0.1) is 0 Å². The highest BCUT2D eigenvalue weighted by molar-refractivity contribution is 7.79. The van der Waals surface area contributed by atoms with E-state index in [-0.39, 0.29) is 23.8 Å². The third-order valence-electron chi connectivity index (χ3n) is 4.72. The summed E-state index contributed by atoms with van der Waals surface area (Å²) in [7, 11) is -1.32. The highest BCUT2D eigenvalue weighted by Crippen LogP contribution is 2.54. The van der Waals surface area contributed by atoms with Crippen LogP contribution in [-0.4, -0.2) is 46.4 Å². The van der Waals surface area contributed by atoms with E-state index in [9.17, 15) is 0 Å². The van der Waals surface area contributed by atoms with Crippen LogP contribution in [0.4, 0.5) is 0 Å². The first-order valence-corrected chi connectivity index (χ1v) is 10.4. The molecule has 2 aliphatic rings. The van der Waals surface area contributed by atoms with Crippen molar-refractivity contribution in [3.63, 3.8) is 0 Å². The van der Waals surface area contributed by atoms with Crippen LogP contribution in [0.5, 0.6) is 0 Å². The molecule has 2 rings (SSSR count). The second kappa shape index (κ2) is 6.50. The van der Waals surface area contributed by atoms with Gasteiger partial charge in [-0.05, 0) is 79.0 Å². The molecule has 22 heavy (non-hydrogen) atoms. The minimum absolute atomic E-state index is 0.0767. The van der Waals surface area contributed by atoms with E-state index in [1.165, 1.54) is 19.3 Å². The third kappa shape index (κ3) is 3.82. The maximum Gasteiger partial charge on any atom is 0.486 e. The van der Waals surface area contributed by atoms with Crippen LogP contribution in [0.3, 0.4) is 0 Å². The topological polar surface area (TPSA) is 24.9 Å². The first kappa shape index (κ1) is 19.0. The van der Waals surface area contributed by atoms with Gasteiger partial charge in [0.05, 0.1) is 13.2 Å². The summed E-state index contributed by atoms with van der Waals surface area (Å²) in [6.07, 6.45) is 3.61. The summed E-state index contributed by atoms with van der Waals surface area (Å²) < 4.78 is 14.3. The Balaban J connectivity index is 2.43. The fraction of sp³-hybridized carbons (Fsp3) is 1.00. The van der Waals surface area contributed by atoms with E-state index in [0.717, 1.165) is 0 Å². The average molecular weight is 349 g/mol.